The molecule has 0 saturated heterocycles. The highest BCUT2D eigenvalue weighted by molar-refractivity contribution is 8.14. The van der Waals surface area contributed by atoms with Crippen molar-refractivity contribution < 1.29 is 14.4 Å². The summed E-state index contributed by atoms with van der Waals surface area (Å²) < 4.78 is 2.05. The number of fused-ring (bicyclic) bond motifs is 1. The normalized spacial score (nSPS) is 15.6. The summed E-state index contributed by atoms with van der Waals surface area (Å²) in [7, 11) is 0. The molecular weight excluding hydrogens is 687 g/mol. The monoisotopic (exact) mass is 725 g/mol. The van der Waals surface area contributed by atoms with Gasteiger partial charge in [0.25, 0.3) is 11.8 Å². The number of nitrogens with one attached hydrogen (secondary N) is 1. The fraction of sp³-hybridized carbons (Fsp3) is 0.214. The number of aryl methyl sites for hydroxylation is 2. The molecule has 0 radical (unpaired) electrons. The van der Waals surface area contributed by atoms with Crippen molar-refractivity contribution in [2.75, 3.05) is 5.75 Å². The fourth-order valence-electron chi connectivity index (χ4n) is 6.62. The minimum Gasteiger partial charge on any atom is -0.344 e. The summed E-state index contributed by atoms with van der Waals surface area (Å²) in [5.74, 6) is -1.60. The number of thioether (sulfide) groups is 1. The van der Waals surface area contributed by atoms with Gasteiger partial charge in [0, 0.05) is 22.0 Å². The molecule has 0 saturated carbocycles. The van der Waals surface area contributed by atoms with Gasteiger partial charge in [0.15, 0.2) is 5.17 Å². The second-order valence-electron chi connectivity index (χ2n) is 12.5. The lowest BCUT2D eigenvalue weighted by atomic mass is 9.96. The van der Waals surface area contributed by atoms with E-state index < -0.39 is 11.8 Å². The van der Waals surface area contributed by atoms with Crippen LogP contribution in [0.25, 0.3) is 11.1 Å². The molecule has 1 aliphatic carbocycles. The summed E-state index contributed by atoms with van der Waals surface area (Å²) >= 11 is 2.67. The maximum Gasteiger partial charge on any atom is 0.285 e. The summed E-state index contributed by atoms with van der Waals surface area (Å²) in [5.41, 5.74) is 6.48. The molecule has 0 atom stereocenters. The molecule has 52 heavy (non-hydrogen) atoms. The molecule has 0 fully saturated rings. The van der Waals surface area contributed by atoms with Crippen LogP contribution in [0, 0.1) is 25.2 Å². The van der Waals surface area contributed by atoms with E-state index in [9.17, 15) is 19.6 Å². The Hall–Kier alpha value is -5.50. The van der Waals surface area contributed by atoms with Gasteiger partial charge in [-0.15, -0.1) is 11.3 Å². The van der Waals surface area contributed by atoms with Crippen LogP contribution in [-0.2, 0) is 27.2 Å². The Bertz CT molecular complexity index is 2160. The number of nitrogens with zero attached hydrogens (tertiary/aromatic N) is 4. The number of aromatic nitrogens is 1. The quantitative estimate of drug-likeness (QED) is 0.101. The van der Waals surface area contributed by atoms with E-state index in [2.05, 4.69) is 27.5 Å². The smallest absolute Gasteiger partial charge is 0.285 e. The summed E-state index contributed by atoms with van der Waals surface area (Å²) in [6, 6.07) is 23.4. The van der Waals surface area contributed by atoms with Crippen LogP contribution in [0.2, 0.25) is 0 Å². The van der Waals surface area contributed by atoms with Crippen LogP contribution in [0.15, 0.2) is 114 Å². The average Bonchev–Trinajstić information content (AvgIpc) is 3.67. The van der Waals surface area contributed by atoms with Crippen LogP contribution in [0.1, 0.15) is 69.9 Å². The maximum atomic E-state index is 14.3. The predicted molar refractivity (Wildman–Crippen MR) is 210 cm³/mol. The molecule has 0 spiro atoms. The van der Waals surface area contributed by atoms with Crippen molar-refractivity contribution >= 4 is 52.1 Å². The highest BCUT2D eigenvalue weighted by Crippen LogP contribution is 2.39. The first-order valence-corrected chi connectivity index (χ1v) is 19.0. The van der Waals surface area contributed by atoms with Crippen molar-refractivity contribution in [1.82, 2.24) is 14.8 Å². The molecule has 2 aliphatic rings. The van der Waals surface area contributed by atoms with Gasteiger partial charge in [-0.2, -0.15) is 10.3 Å². The number of hydrogen-bond donors (Lipinski definition) is 1. The number of rotatable bonds is 10. The van der Waals surface area contributed by atoms with E-state index in [4.69, 9.17) is 0 Å². The molecule has 10 heteroatoms. The Morgan fingerprint density at radius 1 is 1.08 bits per heavy atom. The number of aliphatic imine (C=N–C) groups is 1. The molecule has 6 rings (SSSR count). The molecule has 1 N–H and O–H groups in total. The minimum atomic E-state index is -0.687. The number of hydrogen-bond acceptors (Lipinski definition) is 6. The number of amidine groups is 1. The molecule has 0 bridgehead atoms. The highest BCUT2D eigenvalue weighted by Gasteiger charge is 2.35. The lowest BCUT2D eigenvalue weighted by Gasteiger charge is -2.28. The molecule has 3 amide bonds. The SMILES string of the molecule is C=C/C=C\C(=C/C)N1C(=O)/C(=C/c2cc(C)n(-c3sc4c(c3C#N)CCCC4)c2C)C(=O)N=C1SCC(=O)NC(c1ccccc1)c1ccccc1. The number of nitriles is 1. The van der Waals surface area contributed by atoms with E-state index in [-0.39, 0.29) is 28.4 Å². The summed E-state index contributed by atoms with van der Waals surface area (Å²) in [4.78, 5) is 48.5. The van der Waals surface area contributed by atoms with E-state index in [1.807, 2.05) is 80.6 Å². The zero-order valence-electron chi connectivity index (χ0n) is 29.4. The van der Waals surface area contributed by atoms with Crippen molar-refractivity contribution in [2.45, 2.75) is 52.5 Å². The summed E-state index contributed by atoms with van der Waals surface area (Å²) in [6.07, 6.45) is 12.4. The van der Waals surface area contributed by atoms with E-state index in [1.54, 1.807) is 48.6 Å². The number of carbonyl (C=O) groups excluding carboxylic acids is 3. The first-order valence-electron chi connectivity index (χ1n) is 17.2. The standard InChI is InChI=1S/C42H39N5O3S2/c1-5-7-20-32(6-2)47-40(50)34(24-31-23-27(3)46(28(31)4)41-35(25-43)33-21-14-15-22-36(33)52-41)39(49)45-42(47)51-26-37(48)44-38(29-16-10-8-11-17-29)30-18-12-9-13-19-30/h5-13,16-20,23-24,38H,1,14-15,21-22,26H2,2-4H3,(H,44,48)/b20-7-,32-6+,34-24+. The van der Waals surface area contributed by atoms with Gasteiger partial charge in [-0.1, -0.05) is 97.2 Å². The summed E-state index contributed by atoms with van der Waals surface area (Å²) in [6.45, 7) is 9.43. The first kappa shape index (κ1) is 36.3. The topological polar surface area (TPSA) is 108 Å². The molecule has 262 valence electrons. The van der Waals surface area contributed by atoms with Crippen LogP contribution in [-0.4, -0.2) is 38.1 Å². The third kappa shape index (κ3) is 7.42. The van der Waals surface area contributed by atoms with Crippen molar-refractivity contribution in [3.05, 3.63) is 153 Å². The maximum absolute atomic E-state index is 14.3. The summed E-state index contributed by atoms with van der Waals surface area (Å²) in [5, 5.41) is 14.2. The van der Waals surface area contributed by atoms with Crippen molar-refractivity contribution in [2.24, 2.45) is 4.99 Å². The highest BCUT2D eigenvalue weighted by atomic mass is 32.2. The van der Waals surface area contributed by atoms with Crippen LogP contribution in [0.5, 0.6) is 0 Å². The van der Waals surface area contributed by atoms with Crippen LogP contribution >= 0.6 is 23.1 Å². The fourth-order valence-corrected chi connectivity index (χ4v) is 8.88. The Morgan fingerprint density at radius 2 is 1.75 bits per heavy atom. The third-order valence-electron chi connectivity index (χ3n) is 9.15. The average molecular weight is 726 g/mol. The van der Waals surface area contributed by atoms with Crippen LogP contribution < -0.4 is 5.32 Å². The largest absolute Gasteiger partial charge is 0.344 e. The number of thiophene rings is 1. The third-order valence-corrected chi connectivity index (χ3v) is 11.4. The zero-order chi connectivity index (χ0) is 36.8. The van der Waals surface area contributed by atoms with Gasteiger partial charge in [0.1, 0.15) is 16.6 Å². The molecule has 0 unspecified atom stereocenters. The lowest BCUT2D eigenvalue weighted by Crippen LogP contribution is -2.42. The number of allylic oxidation sites excluding steroid dienone is 4. The second-order valence-corrected chi connectivity index (χ2v) is 14.5. The number of amides is 3. The Labute approximate surface area is 312 Å². The number of benzene rings is 2. The van der Waals surface area contributed by atoms with Gasteiger partial charge >= 0.3 is 0 Å². The second kappa shape index (κ2) is 16.2. The number of carbonyl (C=O) groups is 3. The molecule has 4 aromatic rings. The van der Waals surface area contributed by atoms with E-state index in [0.29, 0.717) is 16.8 Å². The van der Waals surface area contributed by atoms with E-state index >= 15 is 0 Å². The van der Waals surface area contributed by atoms with Crippen molar-refractivity contribution in [3.8, 4) is 11.1 Å². The zero-order valence-corrected chi connectivity index (χ0v) is 31.0. The van der Waals surface area contributed by atoms with Gasteiger partial charge in [0.2, 0.25) is 5.91 Å². The lowest BCUT2D eigenvalue weighted by molar-refractivity contribution is -0.126. The van der Waals surface area contributed by atoms with Crippen LogP contribution in [0.3, 0.4) is 0 Å². The van der Waals surface area contributed by atoms with Crippen LogP contribution in [0.4, 0.5) is 0 Å². The molecule has 2 aromatic carbocycles. The Morgan fingerprint density at radius 3 is 2.38 bits per heavy atom. The van der Waals surface area contributed by atoms with Gasteiger partial charge in [-0.05, 0) is 86.9 Å². The van der Waals surface area contributed by atoms with Crippen molar-refractivity contribution in [1.29, 1.82) is 5.26 Å². The van der Waals surface area contributed by atoms with E-state index in [0.717, 1.165) is 70.5 Å². The molecule has 2 aromatic heterocycles. The van der Waals surface area contributed by atoms with Gasteiger partial charge < -0.3 is 9.88 Å². The molecule has 8 nitrogen and oxygen atoms in total. The van der Waals surface area contributed by atoms with Gasteiger partial charge in [-0.25, -0.2) is 0 Å². The van der Waals surface area contributed by atoms with Gasteiger partial charge in [0.05, 0.1) is 17.4 Å². The van der Waals surface area contributed by atoms with Gasteiger partial charge in [-0.3, -0.25) is 19.3 Å². The van der Waals surface area contributed by atoms with E-state index in [1.165, 1.54) is 9.78 Å². The first-order chi connectivity index (χ1) is 25.2. The minimum absolute atomic E-state index is 0.0829. The predicted octanol–water partition coefficient (Wildman–Crippen LogP) is 8.30. The Kier molecular flexibility index (Phi) is 11.3. The molecule has 3 heterocycles. The molecule has 1 aliphatic heterocycles. The van der Waals surface area contributed by atoms with Crippen molar-refractivity contribution in [3.63, 3.8) is 0 Å². The Balaban J connectivity index is 1.31. The molecular formula is C42H39N5O3S2.